The number of rotatable bonds is 8. The van der Waals surface area contributed by atoms with Gasteiger partial charge in [0.15, 0.2) is 5.96 Å². The van der Waals surface area contributed by atoms with Gasteiger partial charge in [0, 0.05) is 25.6 Å². The first-order valence-electron chi connectivity index (χ1n) is 11.3. The molecule has 8 nitrogen and oxygen atoms in total. The maximum Gasteiger partial charge on any atom is 0.191 e. The highest BCUT2D eigenvalue weighted by Gasteiger charge is 2.21. The number of fused-ring (bicyclic) bond motifs is 1. The summed E-state index contributed by atoms with van der Waals surface area (Å²) in [7, 11) is 2.11. The Bertz CT molecular complexity index is 1030. The Kier molecular flexibility index (Phi) is 9.30. The third kappa shape index (κ3) is 7.04. The lowest BCUT2D eigenvalue weighted by molar-refractivity contribution is 0.287. The third-order valence-electron chi connectivity index (χ3n) is 5.62. The van der Waals surface area contributed by atoms with Gasteiger partial charge in [-0.25, -0.2) is 14.7 Å². The van der Waals surface area contributed by atoms with Crippen LogP contribution >= 0.6 is 24.0 Å². The van der Waals surface area contributed by atoms with Gasteiger partial charge in [0.05, 0.1) is 25.9 Å². The second-order valence-electron chi connectivity index (χ2n) is 8.35. The fourth-order valence-electron chi connectivity index (χ4n) is 4.11. The Morgan fingerprint density at radius 3 is 2.79 bits per heavy atom. The van der Waals surface area contributed by atoms with Gasteiger partial charge in [-0.1, -0.05) is 24.3 Å². The Morgan fingerprint density at radius 2 is 2.03 bits per heavy atom. The summed E-state index contributed by atoms with van der Waals surface area (Å²) in [4.78, 5) is 11.7. The summed E-state index contributed by atoms with van der Waals surface area (Å²) in [6, 6.07) is 12.7. The molecule has 33 heavy (non-hydrogen) atoms. The van der Waals surface area contributed by atoms with Gasteiger partial charge < -0.3 is 15.1 Å². The van der Waals surface area contributed by atoms with Crippen LogP contribution in [0.25, 0.3) is 0 Å². The van der Waals surface area contributed by atoms with E-state index in [1.165, 1.54) is 11.1 Å². The van der Waals surface area contributed by atoms with Crippen molar-refractivity contribution in [1.82, 2.24) is 30.3 Å². The number of nitrogens with zero attached hydrogens (tertiary/aromatic N) is 5. The summed E-state index contributed by atoms with van der Waals surface area (Å²) in [5, 5.41) is 11.5. The Hall–Kier alpha value is -2.40. The Labute approximate surface area is 212 Å². The molecule has 1 atom stereocenters. The number of hydrogen-bond acceptors (Lipinski definition) is 5. The average Bonchev–Trinajstić information content (AvgIpc) is 3.41. The molecular formula is C24H34IN7O. The van der Waals surface area contributed by atoms with Crippen molar-refractivity contribution in [3.05, 3.63) is 71.2 Å². The standard InChI is InChI=1S/C24H33N7O.HI/c1-4-25-24(28-21-11-12-23-27-18(2)29-31(23)16-21)26-14-19-8-5-6-9-20(19)15-30(3)17-22-10-7-13-32-22;/h5-10,13,21H,4,11-12,14-17H2,1-3H3,(H2,25,26,28);1H. The molecular weight excluding hydrogens is 529 g/mol. The molecule has 178 valence electrons. The first kappa shape index (κ1) is 25.2. The largest absolute Gasteiger partial charge is 0.468 e. The molecule has 0 saturated heterocycles. The number of aliphatic imine (C=N–C) groups is 1. The quantitative estimate of drug-likeness (QED) is 0.248. The molecule has 1 aliphatic heterocycles. The predicted molar refractivity (Wildman–Crippen MR) is 141 cm³/mol. The lowest BCUT2D eigenvalue weighted by Crippen LogP contribution is -2.47. The molecule has 2 N–H and O–H groups in total. The molecule has 0 fully saturated rings. The van der Waals surface area contributed by atoms with E-state index in [-0.39, 0.29) is 30.0 Å². The van der Waals surface area contributed by atoms with Crippen LogP contribution < -0.4 is 10.6 Å². The maximum absolute atomic E-state index is 5.48. The summed E-state index contributed by atoms with van der Waals surface area (Å²) < 4.78 is 7.50. The molecule has 3 heterocycles. The van der Waals surface area contributed by atoms with E-state index in [0.29, 0.717) is 6.54 Å². The van der Waals surface area contributed by atoms with Gasteiger partial charge in [-0.15, -0.1) is 24.0 Å². The summed E-state index contributed by atoms with van der Waals surface area (Å²) in [5.74, 6) is 3.74. The first-order chi connectivity index (χ1) is 15.6. The number of hydrogen-bond donors (Lipinski definition) is 2. The van der Waals surface area contributed by atoms with Crippen LogP contribution in [0.4, 0.5) is 0 Å². The van der Waals surface area contributed by atoms with Crippen LogP contribution in [0.5, 0.6) is 0 Å². The SMILES string of the molecule is CCNC(=NCc1ccccc1CN(C)Cc1ccco1)NC1CCc2nc(C)nn2C1.I. The van der Waals surface area contributed by atoms with Crippen LogP contribution in [0.15, 0.2) is 52.1 Å². The highest BCUT2D eigenvalue weighted by Crippen LogP contribution is 2.15. The fourth-order valence-corrected chi connectivity index (χ4v) is 4.11. The predicted octanol–water partition coefficient (Wildman–Crippen LogP) is 3.50. The van der Waals surface area contributed by atoms with Gasteiger partial charge >= 0.3 is 0 Å². The molecule has 3 aromatic rings. The number of aromatic nitrogens is 3. The minimum atomic E-state index is 0. The van der Waals surface area contributed by atoms with Crippen molar-refractivity contribution in [1.29, 1.82) is 0 Å². The van der Waals surface area contributed by atoms with Crippen molar-refractivity contribution in [3.63, 3.8) is 0 Å². The Balaban J connectivity index is 0.00000306. The fraction of sp³-hybridized carbons (Fsp3) is 0.458. The molecule has 0 bridgehead atoms. The van der Waals surface area contributed by atoms with E-state index < -0.39 is 0 Å². The number of furan rings is 1. The van der Waals surface area contributed by atoms with E-state index in [1.807, 2.05) is 23.7 Å². The van der Waals surface area contributed by atoms with Gasteiger partial charge in [0.25, 0.3) is 0 Å². The zero-order valence-electron chi connectivity index (χ0n) is 19.6. The minimum Gasteiger partial charge on any atom is -0.468 e. The van der Waals surface area contributed by atoms with E-state index in [9.17, 15) is 0 Å². The molecule has 0 aliphatic carbocycles. The van der Waals surface area contributed by atoms with Crippen LogP contribution in [-0.2, 0) is 32.6 Å². The molecule has 0 spiro atoms. The number of guanidine groups is 1. The molecule has 9 heteroatoms. The number of nitrogens with one attached hydrogen (secondary N) is 2. The van der Waals surface area contributed by atoms with Crippen molar-refractivity contribution < 1.29 is 4.42 Å². The molecule has 1 unspecified atom stereocenters. The molecule has 1 aliphatic rings. The van der Waals surface area contributed by atoms with Crippen LogP contribution in [0.1, 0.15) is 41.9 Å². The highest BCUT2D eigenvalue weighted by molar-refractivity contribution is 14.0. The molecule has 0 amide bonds. The molecule has 0 radical (unpaired) electrons. The van der Waals surface area contributed by atoms with E-state index in [1.54, 1.807) is 6.26 Å². The van der Waals surface area contributed by atoms with Crippen molar-refractivity contribution in [2.45, 2.75) is 58.9 Å². The van der Waals surface area contributed by atoms with Crippen LogP contribution in [0.2, 0.25) is 0 Å². The van der Waals surface area contributed by atoms with Crippen LogP contribution in [-0.4, -0.2) is 45.3 Å². The lowest BCUT2D eigenvalue weighted by atomic mass is 10.1. The number of benzene rings is 1. The molecule has 1 aromatic carbocycles. The smallest absolute Gasteiger partial charge is 0.191 e. The summed E-state index contributed by atoms with van der Waals surface area (Å²) in [6.45, 7) is 7.92. The third-order valence-corrected chi connectivity index (χ3v) is 5.62. The maximum atomic E-state index is 5.48. The lowest BCUT2D eigenvalue weighted by Gasteiger charge is -2.25. The van der Waals surface area contributed by atoms with Gasteiger partial charge in [0.2, 0.25) is 0 Å². The summed E-state index contributed by atoms with van der Waals surface area (Å²) >= 11 is 0. The second-order valence-corrected chi connectivity index (χ2v) is 8.35. The summed E-state index contributed by atoms with van der Waals surface area (Å²) in [6.07, 6.45) is 3.68. The second kappa shape index (κ2) is 12.2. The zero-order chi connectivity index (χ0) is 22.3. The average molecular weight is 563 g/mol. The van der Waals surface area contributed by atoms with Crippen molar-refractivity contribution in [2.24, 2.45) is 4.99 Å². The van der Waals surface area contributed by atoms with E-state index in [4.69, 9.17) is 9.41 Å². The van der Waals surface area contributed by atoms with Crippen molar-refractivity contribution in [2.75, 3.05) is 13.6 Å². The van der Waals surface area contributed by atoms with E-state index >= 15 is 0 Å². The van der Waals surface area contributed by atoms with Crippen molar-refractivity contribution >= 4 is 29.9 Å². The molecule has 4 rings (SSSR count). The normalized spacial score (nSPS) is 15.8. The number of aryl methyl sites for hydroxylation is 2. The van der Waals surface area contributed by atoms with Gasteiger partial charge in [0.1, 0.15) is 17.4 Å². The molecule has 2 aromatic heterocycles. The molecule has 0 saturated carbocycles. The van der Waals surface area contributed by atoms with E-state index in [0.717, 1.165) is 62.4 Å². The highest BCUT2D eigenvalue weighted by atomic mass is 127. The van der Waals surface area contributed by atoms with Crippen LogP contribution in [0.3, 0.4) is 0 Å². The van der Waals surface area contributed by atoms with Gasteiger partial charge in [-0.2, -0.15) is 5.10 Å². The van der Waals surface area contributed by atoms with E-state index in [2.05, 4.69) is 63.9 Å². The van der Waals surface area contributed by atoms with Crippen LogP contribution in [0, 0.1) is 6.92 Å². The minimum absolute atomic E-state index is 0. The zero-order valence-corrected chi connectivity index (χ0v) is 22.0. The van der Waals surface area contributed by atoms with Gasteiger partial charge in [-0.05, 0) is 50.6 Å². The van der Waals surface area contributed by atoms with Gasteiger partial charge in [-0.3, -0.25) is 4.90 Å². The van der Waals surface area contributed by atoms with Crippen molar-refractivity contribution in [3.8, 4) is 0 Å². The number of halogens is 1. The first-order valence-corrected chi connectivity index (χ1v) is 11.3. The summed E-state index contributed by atoms with van der Waals surface area (Å²) in [5.41, 5.74) is 2.51. The Morgan fingerprint density at radius 1 is 1.21 bits per heavy atom. The topological polar surface area (TPSA) is 83.5 Å². The monoisotopic (exact) mass is 563 g/mol.